The number of methoxy groups -OCH3 is 1. The maximum atomic E-state index is 5.33. The van der Waals surface area contributed by atoms with E-state index >= 15 is 0 Å². The molecule has 0 atom stereocenters. The van der Waals surface area contributed by atoms with Crippen molar-refractivity contribution in [3.63, 3.8) is 0 Å². The molecule has 0 bridgehead atoms. The number of anilines is 1. The van der Waals surface area contributed by atoms with Crippen molar-refractivity contribution in [2.75, 3.05) is 32.2 Å². The summed E-state index contributed by atoms with van der Waals surface area (Å²) in [7, 11) is 1.63. The molecule has 0 radical (unpaired) electrons. The van der Waals surface area contributed by atoms with Gasteiger partial charge >= 0.3 is 0 Å². The molecule has 0 aromatic carbocycles. The van der Waals surface area contributed by atoms with Crippen molar-refractivity contribution in [3.05, 3.63) is 12.4 Å². The first-order chi connectivity index (χ1) is 7.36. The first-order valence-corrected chi connectivity index (χ1v) is 5.04. The van der Waals surface area contributed by atoms with Crippen molar-refractivity contribution in [1.82, 2.24) is 9.97 Å². The van der Waals surface area contributed by atoms with Crippen LogP contribution in [-0.4, -0.2) is 36.8 Å². The maximum Gasteiger partial charge on any atom is 0.234 e. The second-order valence-electron chi connectivity index (χ2n) is 3.01. The van der Waals surface area contributed by atoms with E-state index in [1.165, 1.54) is 0 Å². The number of rotatable bonds is 7. The number of hydrogen-bond acceptors (Lipinski definition) is 5. The van der Waals surface area contributed by atoms with Crippen LogP contribution in [0.25, 0.3) is 0 Å². The average molecular weight is 211 g/mol. The van der Waals surface area contributed by atoms with Gasteiger partial charge in [0.2, 0.25) is 5.88 Å². The van der Waals surface area contributed by atoms with Gasteiger partial charge in [-0.05, 0) is 6.42 Å². The molecular weight excluding hydrogens is 194 g/mol. The van der Waals surface area contributed by atoms with Gasteiger partial charge in [0, 0.05) is 13.7 Å². The van der Waals surface area contributed by atoms with E-state index in [-0.39, 0.29) is 0 Å². The highest BCUT2D eigenvalue weighted by Gasteiger charge is 1.98. The van der Waals surface area contributed by atoms with E-state index in [2.05, 4.69) is 22.2 Å². The summed E-state index contributed by atoms with van der Waals surface area (Å²) in [6, 6.07) is 0. The molecule has 1 heterocycles. The van der Waals surface area contributed by atoms with Crippen molar-refractivity contribution >= 4 is 5.82 Å². The Morgan fingerprint density at radius 2 is 2.20 bits per heavy atom. The van der Waals surface area contributed by atoms with Crippen molar-refractivity contribution < 1.29 is 9.47 Å². The largest absolute Gasteiger partial charge is 0.474 e. The molecule has 15 heavy (non-hydrogen) atoms. The fourth-order valence-electron chi connectivity index (χ4n) is 0.985. The van der Waals surface area contributed by atoms with Gasteiger partial charge in [-0.15, -0.1) is 0 Å². The SMILES string of the molecule is CCCNc1cncc(OCCOC)n1. The minimum atomic E-state index is 0.489. The molecule has 1 N–H and O–H groups in total. The van der Waals surface area contributed by atoms with Gasteiger partial charge in [-0.25, -0.2) is 0 Å². The Hall–Kier alpha value is -1.36. The molecule has 1 rings (SSSR count). The van der Waals surface area contributed by atoms with Crippen LogP contribution < -0.4 is 10.1 Å². The van der Waals surface area contributed by atoms with Crippen LogP contribution in [0.5, 0.6) is 5.88 Å². The van der Waals surface area contributed by atoms with Crippen molar-refractivity contribution in [3.8, 4) is 5.88 Å². The smallest absolute Gasteiger partial charge is 0.234 e. The minimum Gasteiger partial charge on any atom is -0.474 e. The number of hydrogen-bond donors (Lipinski definition) is 1. The highest BCUT2D eigenvalue weighted by Crippen LogP contribution is 2.08. The van der Waals surface area contributed by atoms with Crippen LogP contribution in [0, 0.1) is 0 Å². The van der Waals surface area contributed by atoms with E-state index in [0.717, 1.165) is 18.8 Å². The molecule has 5 nitrogen and oxygen atoms in total. The molecule has 5 heteroatoms. The summed E-state index contributed by atoms with van der Waals surface area (Å²) in [5, 5.41) is 3.14. The number of ether oxygens (including phenoxy) is 2. The lowest BCUT2D eigenvalue weighted by Crippen LogP contribution is -2.07. The summed E-state index contributed by atoms with van der Waals surface area (Å²) in [6.45, 7) is 4.02. The Kier molecular flexibility index (Phi) is 5.47. The standard InChI is InChI=1S/C10H17N3O2/c1-3-4-12-9-7-11-8-10(13-9)15-6-5-14-2/h7-8H,3-6H2,1-2H3,(H,12,13). The molecule has 84 valence electrons. The van der Waals surface area contributed by atoms with Crippen molar-refractivity contribution in [2.24, 2.45) is 0 Å². The van der Waals surface area contributed by atoms with Gasteiger partial charge in [-0.3, -0.25) is 4.98 Å². The Balaban J connectivity index is 2.42. The normalized spacial score (nSPS) is 10.0. The molecule has 1 aromatic rings. The zero-order valence-corrected chi connectivity index (χ0v) is 9.19. The zero-order valence-electron chi connectivity index (χ0n) is 9.19. The van der Waals surface area contributed by atoms with Gasteiger partial charge in [0.15, 0.2) is 0 Å². The van der Waals surface area contributed by atoms with Gasteiger partial charge in [0.05, 0.1) is 19.0 Å². The van der Waals surface area contributed by atoms with E-state index in [1.54, 1.807) is 19.5 Å². The molecule has 0 fully saturated rings. The quantitative estimate of drug-likeness (QED) is 0.689. The van der Waals surface area contributed by atoms with Crippen LogP contribution in [0.3, 0.4) is 0 Å². The number of aromatic nitrogens is 2. The first kappa shape index (κ1) is 11.7. The molecule has 0 amide bonds. The summed E-state index contributed by atoms with van der Waals surface area (Å²) in [6.07, 6.45) is 4.32. The highest BCUT2D eigenvalue weighted by atomic mass is 16.5. The third-order valence-electron chi connectivity index (χ3n) is 1.71. The Labute approximate surface area is 89.8 Å². The lowest BCUT2D eigenvalue weighted by molar-refractivity contribution is 0.143. The minimum absolute atomic E-state index is 0.489. The monoisotopic (exact) mass is 211 g/mol. The summed E-state index contributed by atoms with van der Waals surface area (Å²) in [5.41, 5.74) is 0. The second-order valence-corrected chi connectivity index (χ2v) is 3.01. The van der Waals surface area contributed by atoms with Crippen LogP contribution in [-0.2, 0) is 4.74 Å². The van der Waals surface area contributed by atoms with Crippen molar-refractivity contribution in [1.29, 1.82) is 0 Å². The third-order valence-corrected chi connectivity index (χ3v) is 1.71. The van der Waals surface area contributed by atoms with E-state index < -0.39 is 0 Å². The molecule has 0 aliphatic carbocycles. The molecule has 1 aromatic heterocycles. The summed E-state index contributed by atoms with van der Waals surface area (Å²) in [5.74, 6) is 1.26. The van der Waals surface area contributed by atoms with Gasteiger partial charge in [-0.2, -0.15) is 4.98 Å². The van der Waals surface area contributed by atoms with Gasteiger partial charge in [-0.1, -0.05) is 6.92 Å². The summed E-state index contributed by atoms with van der Waals surface area (Å²) >= 11 is 0. The molecule has 0 spiro atoms. The van der Waals surface area contributed by atoms with Crippen LogP contribution in [0.2, 0.25) is 0 Å². The fraction of sp³-hybridized carbons (Fsp3) is 0.600. The fourth-order valence-corrected chi connectivity index (χ4v) is 0.985. The van der Waals surface area contributed by atoms with Crippen LogP contribution in [0.4, 0.5) is 5.82 Å². The lowest BCUT2D eigenvalue weighted by atomic mass is 10.5. The van der Waals surface area contributed by atoms with Gasteiger partial charge < -0.3 is 14.8 Å². The Morgan fingerprint density at radius 1 is 1.33 bits per heavy atom. The Morgan fingerprint density at radius 3 is 2.93 bits per heavy atom. The van der Waals surface area contributed by atoms with E-state index in [9.17, 15) is 0 Å². The molecular formula is C10H17N3O2. The lowest BCUT2D eigenvalue weighted by Gasteiger charge is -2.06. The summed E-state index contributed by atoms with van der Waals surface area (Å²) in [4.78, 5) is 8.26. The van der Waals surface area contributed by atoms with Crippen LogP contribution in [0.1, 0.15) is 13.3 Å². The first-order valence-electron chi connectivity index (χ1n) is 5.04. The van der Waals surface area contributed by atoms with E-state index in [0.29, 0.717) is 19.1 Å². The van der Waals surface area contributed by atoms with E-state index in [1.807, 2.05) is 0 Å². The molecule has 0 aliphatic rings. The van der Waals surface area contributed by atoms with E-state index in [4.69, 9.17) is 9.47 Å². The van der Waals surface area contributed by atoms with Crippen LogP contribution in [0.15, 0.2) is 12.4 Å². The molecule has 0 unspecified atom stereocenters. The highest BCUT2D eigenvalue weighted by molar-refractivity contribution is 5.32. The molecule has 0 aliphatic heterocycles. The topological polar surface area (TPSA) is 56.3 Å². The predicted molar refractivity (Wildman–Crippen MR) is 58.2 cm³/mol. The predicted octanol–water partition coefficient (Wildman–Crippen LogP) is 1.32. The Bertz CT molecular complexity index is 281. The van der Waals surface area contributed by atoms with Crippen molar-refractivity contribution in [2.45, 2.75) is 13.3 Å². The van der Waals surface area contributed by atoms with Gasteiger partial charge in [0.1, 0.15) is 12.4 Å². The summed E-state index contributed by atoms with van der Waals surface area (Å²) < 4.78 is 10.2. The second kappa shape index (κ2) is 7.00. The molecule has 0 saturated heterocycles. The number of nitrogens with zero attached hydrogens (tertiary/aromatic N) is 2. The number of nitrogens with one attached hydrogen (secondary N) is 1. The van der Waals surface area contributed by atoms with Crippen LogP contribution >= 0.6 is 0 Å². The van der Waals surface area contributed by atoms with Gasteiger partial charge in [0.25, 0.3) is 0 Å². The average Bonchev–Trinajstić information content (AvgIpc) is 2.27. The molecule has 0 saturated carbocycles. The zero-order chi connectivity index (χ0) is 10.9. The third kappa shape index (κ3) is 4.60. The maximum absolute atomic E-state index is 5.33.